The van der Waals surface area contributed by atoms with Gasteiger partial charge in [-0.2, -0.15) is 9.78 Å². The molecule has 0 saturated heterocycles. The predicted molar refractivity (Wildman–Crippen MR) is 111 cm³/mol. The summed E-state index contributed by atoms with van der Waals surface area (Å²) in [6.45, 7) is 5.30. The quantitative estimate of drug-likeness (QED) is 0.563. The number of carbonyl (C=O) groups excluding carboxylic acids is 1. The molecule has 9 heteroatoms. The van der Waals surface area contributed by atoms with Gasteiger partial charge in [-0.1, -0.05) is 0 Å². The maximum atomic E-state index is 12.8. The van der Waals surface area contributed by atoms with Gasteiger partial charge in [-0.3, -0.25) is 4.79 Å². The van der Waals surface area contributed by atoms with E-state index < -0.39 is 0 Å². The number of thiophene rings is 1. The number of carbonyl (C=O) groups is 1. The normalized spacial score (nSPS) is 11.1. The van der Waals surface area contributed by atoms with Gasteiger partial charge in [0.2, 0.25) is 0 Å². The van der Waals surface area contributed by atoms with Crippen LogP contribution in [-0.4, -0.2) is 65.0 Å². The Bertz CT molecular complexity index is 998. The first kappa shape index (κ1) is 21.1. The van der Waals surface area contributed by atoms with Crippen molar-refractivity contribution in [2.45, 2.75) is 20.5 Å². The molecule has 0 unspecified atom stereocenters. The molecule has 0 aromatic carbocycles. The molecule has 0 radical (unpaired) electrons. The van der Waals surface area contributed by atoms with Crippen molar-refractivity contribution < 1.29 is 14.3 Å². The van der Waals surface area contributed by atoms with E-state index >= 15 is 0 Å². The number of likely N-dealkylation sites (N-methyl/N-ethyl adjacent to an activating group) is 1. The van der Waals surface area contributed by atoms with Crippen LogP contribution >= 0.6 is 11.3 Å². The first-order valence-electron chi connectivity index (χ1n) is 9.17. The van der Waals surface area contributed by atoms with Gasteiger partial charge >= 0.3 is 0 Å². The molecule has 154 valence electrons. The van der Waals surface area contributed by atoms with Gasteiger partial charge in [0.25, 0.3) is 11.9 Å². The van der Waals surface area contributed by atoms with Crippen LogP contribution in [0.5, 0.6) is 0 Å². The van der Waals surface area contributed by atoms with Gasteiger partial charge in [-0.15, -0.1) is 11.3 Å². The highest BCUT2D eigenvalue weighted by atomic mass is 32.1. The first-order valence-corrected chi connectivity index (χ1v) is 9.99. The summed E-state index contributed by atoms with van der Waals surface area (Å²) in [7, 11) is 4.91. The average Bonchev–Trinajstić information content (AvgIpc) is 3.28. The molecule has 3 aromatic heterocycles. The summed E-state index contributed by atoms with van der Waals surface area (Å²) in [5.74, 6) is 0.247. The van der Waals surface area contributed by atoms with Crippen molar-refractivity contribution in [2.75, 3.05) is 34.4 Å². The summed E-state index contributed by atoms with van der Waals surface area (Å²) in [6, 6.07) is 3.99. The minimum Gasteiger partial charge on any atom is -0.383 e. The van der Waals surface area contributed by atoms with Crippen LogP contribution in [0.1, 0.15) is 25.8 Å². The van der Waals surface area contributed by atoms with E-state index in [1.807, 2.05) is 6.07 Å². The topological polar surface area (TPSA) is 82.4 Å². The van der Waals surface area contributed by atoms with Crippen LogP contribution in [0.2, 0.25) is 0 Å². The van der Waals surface area contributed by atoms with Crippen LogP contribution in [-0.2, 0) is 16.1 Å². The first-order chi connectivity index (χ1) is 14.0. The number of ether oxygens (including phenoxy) is 2. The van der Waals surface area contributed by atoms with E-state index in [1.54, 1.807) is 48.4 Å². The van der Waals surface area contributed by atoms with Crippen molar-refractivity contribution in [3.05, 3.63) is 45.5 Å². The van der Waals surface area contributed by atoms with E-state index in [1.165, 1.54) is 16.0 Å². The number of hydrogen-bond donors (Lipinski definition) is 0. The Morgan fingerprint density at radius 1 is 1.28 bits per heavy atom. The largest absolute Gasteiger partial charge is 0.383 e. The van der Waals surface area contributed by atoms with Crippen LogP contribution < -0.4 is 0 Å². The Morgan fingerprint density at radius 2 is 2.07 bits per heavy atom. The lowest BCUT2D eigenvalue weighted by atomic mass is 10.2. The summed E-state index contributed by atoms with van der Waals surface area (Å²) in [5.41, 5.74) is 2.96. The molecule has 3 aromatic rings. The molecule has 1 amide bonds. The molecule has 0 fully saturated rings. The van der Waals surface area contributed by atoms with Gasteiger partial charge in [0.05, 0.1) is 36.4 Å². The molecule has 29 heavy (non-hydrogen) atoms. The van der Waals surface area contributed by atoms with Crippen LogP contribution in [0.15, 0.2) is 24.5 Å². The minimum absolute atomic E-state index is 0.152. The molecule has 0 aliphatic rings. The van der Waals surface area contributed by atoms with Crippen molar-refractivity contribution in [3.63, 3.8) is 0 Å². The SMILES string of the molecule is COCCN(C)C(=O)c1cnn(-c2nccc(-c3cc(C)sc3C)n2)c1COC. The smallest absolute Gasteiger partial charge is 0.257 e. The standard InChI is InChI=1S/C20H25N5O3S/c1-13-10-15(14(2)29-13)17-6-7-21-20(23-17)25-18(12-28-5)16(11-22-25)19(26)24(3)8-9-27-4/h6-7,10-11H,8-9,12H2,1-5H3. The fourth-order valence-electron chi connectivity index (χ4n) is 3.02. The molecule has 0 bridgehead atoms. The van der Waals surface area contributed by atoms with E-state index in [4.69, 9.17) is 14.5 Å². The molecule has 3 heterocycles. The Kier molecular flexibility index (Phi) is 6.73. The van der Waals surface area contributed by atoms with Crippen molar-refractivity contribution in [1.29, 1.82) is 0 Å². The number of aryl methyl sites for hydroxylation is 2. The van der Waals surface area contributed by atoms with Crippen LogP contribution in [0, 0.1) is 13.8 Å². The van der Waals surface area contributed by atoms with Gasteiger partial charge in [-0.05, 0) is 26.0 Å². The maximum absolute atomic E-state index is 12.8. The van der Waals surface area contributed by atoms with E-state index in [9.17, 15) is 4.79 Å². The van der Waals surface area contributed by atoms with Gasteiger partial charge in [0.1, 0.15) is 0 Å². The zero-order chi connectivity index (χ0) is 21.0. The highest BCUT2D eigenvalue weighted by Crippen LogP contribution is 2.29. The summed E-state index contributed by atoms with van der Waals surface area (Å²) in [4.78, 5) is 25.9. The molecule has 0 N–H and O–H groups in total. The van der Waals surface area contributed by atoms with E-state index in [2.05, 4.69) is 30.0 Å². The summed E-state index contributed by atoms with van der Waals surface area (Å²) in [6.07, 6.45) is 3.24. The van der Waals surface area contributed by atoms with Crippen LogP contribution in [0.25, 0.3) is 17.2 Å². The number of aromatic nitrogens is 4. The van der Waals surface area contributed by atoms with Gasteiger partial charge in [-0.25, -0.2) is 9.97 Å². The highest BCUT2D eigenvalue weighted by molar-refractivity contribution is 7.12. The van der Waals surface area contributed by atoms with Crippen molar-refractivity contribution >= 4 is 17.2 Å². The van der Waals surface area contributed by atoms with Gasteiger partial charge in [0.15, 0.2) is 0 Å². The number of hydrogen-bond acceptors (Lipinski definition) is 7. The maximum Gasteiger partial charge on any atom is 0.257 e. The monoisotopic (exact) mass is 415 g/mol. The number of methoxy groups -OCH3 is 2. The summed E-state index contributed by atoms with van der Waals surface area (Å²) < 4.78 is 12.0. The van der Waals surface area contributed by atoms with Crippen LogP contribution in [0.4, 0.5) is 0 Å². The van der Waals surface area contributed by atoms with E-state index in [0.29, 0.717) is 30.4 Å². The fraction of sp³-hybridized carbons (Fsp3) is 0.400. The van der Waals surface area contributed by atoms with Crippen molar-refractivity contribution in [3.8, 4) is 17.2 Å². The lowest BCUT2D eigenvalue weighted by molar-refractivity contribution is 0.0739. The lowest BCUT2D eigenvalue weighted by Crippen LogP contribution is -2.30. The minimum atomic E-state index is -0.152. The molecular formula is C20H25N5O3S. The second-order valence-electron chi connectivity index (χ2n) is 6.64. The third-order valence-electron chi connectivity index (χ3n) is 4.51. The lowest BCUT2D eigenvalue weighted by Gasteiger charge is -2.16. The van der Waals surface area contributed by atoms with E-state index in [-0.39, 0.29) is 12.5 Å². The predicted octanol–water partition coefficient (Wildman–Crippen LogP) is 2.87. The summed E-state index contributed by atoms with van der Waals surface area (Å²) >= 11 is 1.73. The third kappa shape index (κ3) is 4.52. The fourth-order valence-corrected chi connectivity index (χ4v) is 3.95. The average molecular weight is 416 g/mol. The number of nitrogens with zero attached hydrogens (tertiary/aromatic N) is 5. The zero-order valence-corrected chi connectivity index (χ0v) is 18.1. The summed E-state index contributed by atoms with van der Waals surface area (Å²) in [5, 5.41) is 4.39. The molecule has 0 atom stereocenters. The zero-order valence-electron chi connectivity index (χ0n) is 17.3. The third-order valence-corrected chi connectivity index (χ3v) is 5.47. The molecule has 0 spiro atoms. The van der Waals surface area contributed by atoms with Gasteiger partial charge < -0.3 is 14.4 Å². The van der Waals surface area contributed by atoms with E-state index in [0.717, 1.165) is 11.3 Å². The van der Waals surface area contributed by atoms with Crippen molar-refractivity contribution in [1.82, 2.24) is 24.6 Å². The Morgan fingerprint density at radius 3 is 2.72 bits per heavy atom. The Labute approximate surface area is 174 Å². The second kappa shape index (κ2) is 9.25. The number of rotatable bonds is 8. The highest BCUT2D eigenvalue weighted by Gasteiger charge is 2.22. The molecule has 0 aliphatic heterocycles. The van der Waals surface area contributed by atoms with Crippen molar-refractivity contribution in [2.24, 2.45) is 0 Å². The molecule has 3 rings (SSSR count). The Balaban J connectivity index is 1.99. The molecular weight excluding hydrogens is 390 g/mol. The molecule has 0 saturated carbocycles. The second-order valence-corrected chi connectivity index (χ2v) is 8.10. The van der Waals surface area contributed by atoms with Crippen LogP contribution in [0.3, 0.4) is 0 Å². The molecule has 0 aliphatic carbocycles. The van der Waals surface area contributed by atoms with Gasteiger partial charge in [0, 0.05) is 49.3 Å². The number of amides is 1. The Hall–Kier alpha value is -2.62. The molecule has 8 nitrogen and oxygen atoms in total.